The van der Waals surface area contributed by atoms with Crippen molar-refractivity contribution in [1.82, 2.24) is 0 Å². The molecule has 0 atom stereocenters. The van der Waals surface area contributed by atoms with Crippen molar-refractivity contribution in [2.24, 2.45) is 0 Å². The minimum Gasteiger partial charge on any atom is -0.310 e. The van der Waals surface area contributed by atoms with Gasteiger partial charge in [0.2, 0.25) is 0 Å². The normalized spacial score (nSPS) is 11.0. The lowest BCUT2D eigenvalue weighted by Gasteiger charge is -2.28. The summed E-state index contributed by atoms with van der Waals surface area (Å²) in [7, 11) is 0. The van der Waals surface area contributed by atoms with Crippen LogP contribution < -0.4 is 4.90 Å². The molecule has 1 nitrogen and oxygen atoms in total. The fraction of sp³-hybridized carbons (Fsp3) is 0. The molecule has 0 N–H and O–H groups in total. The summed E-state index contributed by atoms with van der Waals surface area (Å²) in [5, 5.41) is 0. The monoisotopic (exact) mass is 777 g/mol. The highest BCUT2D eigenvalue weighted by Gasteiger charge is 2.20. The Morgan fingerprint density at radius 1 is 0.180 bits per heavy atom. The van der Waals surface area contributed by atoms with E-state index in [2.05, 4.69) is 266 Å². The van der Waals surface area contributed by atoms with Gasteiger partial charge in [-0.15, -0.1) is 0 Å². The maximum absolute atomic E-state index is 2.39. The number of benzene rings is 10. The molecule has 0 unspecified atom stereocenters. The van der Waals surface area contributed by atoms with Crippen molar-refractivity contribution < 1.29 is 0 Å². The van der Waals surface area contributed by atoms with Crippen molar-refractivity contribution >= 4 is 17.1 Å². The van der Waals surface area contributed by atoms with Crippen LogP contribution in [0.1, 0.15) is 0 Å². The van der Waals surface area contributed by atoms with Crippen molar-refractivity contribution in [1.29, 1.82) is 0 Å². The van der Waals surface area contributed by atoms with Gasteiger partial charge < -0.3 is 4.90 Å². The highest BCUT2D eigenvalue weighted by atomic mass is 15.1. The van der Waals surface area contributed by atoms with E-state index < -0.39 is 0 Å². The molecule has 10 rings (SSSR count). The van der Waals surface area contributed by atoms with Gasteiger partial charge in [0.15, 0.2) is 0 Å². The van der Waals surface area contributed by atoms with E-state index >= 15 is 0 Å². The van der Waals surface area contributed by atoms with E-state index in [0.717, 1.165) is 33.8 Å². The Hall–Kier alpha value is -8.00. The molecule has 0 spiro atoms. The molecule has 0 aliphatic rings. The third-order valence-electron chi connectivity index (χ3n) is 11.5. The highest BCUT2D eigenvalue weighted by Crippen LogP contribution is 2.46. The Morgan fingerprint density at radius 2 is 0.475 bits per heavy atom. The quantitative estimate of drug-likeness (QED) is 0.134. The number of rotatable bonds is 10. The molecular formula is C60H43N. The molecule has 288 valence electrons. The predicted octanol–water partition coefficient (Wildman–Crippen LogP) is 16.8. The van der Waals surface area contributed by atoms with Gasteiger partial charge >= 0.3 is 0 Å². The molecule has 0 heterocycles. The molecular weight excluding hydrogens is 735 g/mol. The average molecular weight is 778 g/mol. The van der Waals surface area contributed by atoms with Gasteiger partial charge in [0.05, 0.1) is 5.69 Å². The van der Waals surface area contributed by atoms with Gasteiger partial charge in [-0.2, -0.15) is 0 Å². The second kappa shape index (κ2) is 17.1. The summed E-state index contributed by atoms with van der Waals surface area (Å²) in [5.41, 5.74) is 20.0. The first-order chi connectivity index (χ1) is 30.3. The minimum absolute atomic E-state index is 1.08. The maximum atomic E-state index is 2.39. The van der Waals surface area contributed by atoms with E-state index in [1.165, 1.54) is 61.2 Å². The molecule has 10 aromatic carbocycles. The SMILES string of the molecule is c1ccc(-c2ccc(-c3ccccc3N(c3ccc(-c4ccccc4)cc3)c3ccc(-c4cccc(-c5ccccc5)c4-c4ccccc4-c4ccccc4)cc3)cc2)cc1. The van der Waals surface area contributed by atoms with Crippen LogP contribution in [0.5, 0.6) is 0 Å². The van der Waals surface area contributed by atoms with Crippen LogP contribution in [0, 0.1) is 0 Å². The molecule has 0 fully saturated rings. The highest BCUT2D eigenvalue weighted by molar-refractivity contribution is 6.00. The molecule has 0 saturated heterocycles. The first kappa shape index (κ1) is 37.3. The molecule has 0 aliphatic carbocycles. The molecule has 0 radical (unpaired) electrons. The van der Waals surface area contributed by atoms with Crippen molar-refractivity contribution in [2.45, 2.75) is 0 Å². The van der Waals surface area contributed by atoms with Crippen LogP contribution in [0.25, 0.3) is 77.9 Å². The zero-order valence-corrected chi connectivity index (χ0v) is 33.8. The Bertz CT molecular complexity index is 3010. The van der Waals surface area contributed by atoms with Gasteiger partial charge in [0.25, 0.3) is 0 Å². The standard InChI is InChI=1S/C60H43N/c1-5-18-44(19-6-1)46-32-34-50(35-33-46)55-27-15-16-31-59(55)61(52-40-36-47(37-41-52)45-20-7-2-8-21-45)53-42-38-51(39-43-53)57-30-17-29-56(49-24-11-4-12-25-49)60(57)58-28-14-13-26-54(58)48-22-9-3-10-23-48/h1-43H. The topological polar surface area (TPSA) is 3.24 Å². The fourth-order valence-corrected chi connectivity index (χ4v) is 8.55. The Kier molecular flexibility index (Phi) is 10.4. The summed E-state index contributed by atoms with van der Waals surface area (Å²) in [4.78, 5) is 2.39. The molecule has 0 bridgehead atoms. The predicted molar refractivity (Wildman–Crippen MR) is 259 cm³/mol. The van der Waals surface area contributed by atoms with Crippen molar-refractivity contribution in [3.8, 4) is 77.9 Å². The number of hydrogen-bond donors (Lipinski definition) is 0. The molecule has 0 saturated carbocycles. The number of nitrogens with zero attached hydrogens (tertiary/aromatic N) is 1. The third kappa shape index (κ3) is 7.69. The summed E-state index contributed by atoms with van der Waals surface area (Å²) < 4.78 is 0. The van der Waals surface area contributed by atoms with E-state index in [1.807, 2.05) is 0 Å². The third-order valence-corrected chi connectivity index (χ3v) is 11.5. The Balaban J connectivity index is 1.11. The molecule has 1 heteroatoms. The molecule has 10 aromatic rings. The fourth-order valence-electron chi connectivity index (χ4n) is 8.55. The minimum atomic E-state index is 1.08. The van der Waals surface area contributed by atoms with Crippen LogP contribution in [0.15, 0.2) is 261 Å². The van der Waals surface area contributed by atoms with Crippen molar-refractivity contribution in [3.05, 3.63) is 261 Å². The Morgan fingerprint density at radius 3 is 0.984 bits per heavy atom. The summed E-state index contributed by atoms with van der Waals surface area (Å²) in [5.74, 6) is 0. The zero-order chi connectivity index (χ0) is 40.8. The smallest absolute Gasteiger partial charge is 0.0540 e. The maximum Gasteiger partial charge on any atom is 0.0540 e. The van der Waals surface area contributed by atoms with E-state index in [4.69, 9.17) is 0 Å². The summed E-state index contributed by atoms with van der Waals surface area (Å²) in [6.45, 7) is 0. The number of hydrogen-bond acceptors (Lipinski definition) is 1. The van der Waals surface area contributed by atoms with Gasteiger partial charge in [-0.25, -0.2) is 0 Å². The lowest BCUT2D eigenvalue weighted by Crippen LogP contribution is -2.11. The number of anilines is 3. The van der Waals surface area contributed by atoms with E-state index in [1.54, 1.807) is 0 Å². The molecule has 61 heavy (non-hydrogen) atoms. The van der Waals surface area contributed by atoms with Gasteiger partial charge in [-0.3, -0.25) is 0 Å². The average Bonchev–Trinajstić information content (AvgIpc) is 3.35. The Labute approximate surface area is 359 Å². The summed E-state index contributed by atoms with van der Waals surface area (Å²) in [6, 6.07) is 94.0. The largest absolute Gasteiger partial charge is 0.310 e. The van der Waals surface area contributed by atoms with Crippen LogP contribution in [0.2, 0.25) is 0 Å². The second-order valence-corrected chi connectivity index (χ2v) is 15.3. The van der Waals surface area contributed by atoms with Gasteiger partial charge in [-0.05, 0) is 103 Å². The lowest BCUT2D eigenvalue weighted by atomic mass is 9.84. The first-order valence-corrected chi connectivity index (χ1v) is 20.9. The van der Waals surface area contributed by atoms with E-state index in [0.29, 0.717) is 0 Å². The van der Waals surface area contributed by atoms with Crippen LogP contribution in [-0.4, -0.2) is 0 Å². The van der Waals surface area contributed by atoms with Crippen molar-refractivity contribution in [2.75, 3.05) is 4.90 Å². The summed E-state index contributed by atoms with van der Waals surface area (Å²) in [6.07, 6.45) is 0. The van der Waals surface area contributed by atoms with Crippen LogP contribution in [-0.2, 0) is 0 Å². The first-order valence-electron chi connectivity index (χ1n) is 20.9. The van der Waals surface area contributed by atoms with Crippen LogP contribution >= 0.6 is 0 Å². The molecule has 0 amide bonds. The van der Waals surface area contributed by atoms with Gasteiger partial charge in [0.1, 0.15) is 0 Å². The lowest BCUT2D eigenvalue weighted by molar-refractivity contribution is 1.28. The van der Waals surface area contributed by atoms with E-state index in [-0.39, 0.29) is 0 Å². The van der Waals surface area contributed by atoms with Crippen LogP contribution in [0.4, 0.5) is 17.1 Å². The molecule has 0 aromatic heterocycles. The van der Waals surface area contributed by atoms with Crippen LogP contribution in [0.3, 0.4) is 0 Å². The zero-order valence-electron chi connectivity index (χ0n) is 33.8. The van der Waals surface area contributed by atoms with Gasteiger partial charge in [-0.1, -0.05) is 231 Å². The van der Waals surface area contributed by atoms with E-state index in [9.17, 15) is 0 Å². The van der Waals surface area contributed by atoms with Crippen molar-refractivity contribution in [3.63, 3.8) is 0 Å². The van der Waals surface area contributed by atoms with Gasteiger partial charge in [0, 0.05) is 16.9 Å². The molecule has 0 aliphatic heterocycles. The second-order valence-electron chi connectivity index (χ2n) is 15.3. The number of para-hydroxylation sites is 1. The summed E-state index contributed by atoms with van der Waals surface area (Å²) >= 11 is 0.